The Morgan fingerprint density at radius 2 is 2.24 bits per heavy atom. The smallest absolute Gasteiger partial charge is 0.340 e. The van der Waals surface area contributed by atoms with Crippen molar-refractivity contribution >= 4 is 17.6 Å². The number of benzene rings is 1. The molecule has 1 aromatic rings. The second kappa shape index (κ2) is 4.01. The van der Waals surface area contributed by atoms with Gasteiger partial charge in [0, 0.05) is 24.6 Å². The number of anilines is 1. The SMILES string of the molecule is COC(=O)[C@]12C[C@H]3CCN4C(=O)CC[C@]5(c6ccccc6N[C@H]15)[C@]34O2. The normalized spacial score (nSPS) is 45.0. The van der Waals surface area contributed by atoms with Crippen LogP contribution in [-0.2, 0) is 24.5 Å². The van der Waals surface area contributed by atoms with Crippen molar-refractivity contribution < 1.29 is 19.1 Å². The molecular weight excluding hydrogens is 320 g/mol. The molecule has 4 saturated heterocycles. The summed E-state index contributed by atoms with van der Waals surface area (Å²) in [7, 11) is 1.42. The van der Waals surface area contributed by atoms with E-state index in [0.29, 0.717) is 19.3 Å². The van der Waals surface area contributed by atoms with Crippen molar-refractivity contribution in [2.24, 2.45) is 5.92 Å². The molecule has 25 heavy (non-hydrogen) atoms. The first-order chi connectivity index (χ1) is 12.1. The Labute approximate surface area is 145 Å². The van der Waals surface area contributed by atoms with Gasteiger partial charge in [-0.3, -0.25) is 4.79 Å². The lowest BCUT2D eigenvalue weighted by atomic mass is 9.55. The summed E-state index contributed by atoms with van der Waals surface area (Å²) in [5, 5.41) is 3.59. The third-order valence-electron chi connectivity index (χ3n) is 7.41. The van der Waals surface area contributed by atoms with Gasteiger partial charge in [-0.2, -0.15) is 0 Å². The van der Waals surface area contributed by atoms with E-state index in [-0.39, 0.29) is 29.3 Å². The number of carbonyl (C=O) groups is 2. The molecule has 0 saturated carbocycles. The molecule has 5 heterocycles. The number of piperidine rings is 1. The van der Waals surface area contributed by atoms with E-state index < -0.39 is 11.3 Å². The molecule has 0 aliphatic carbocycles. The fourth-order valence-electron chi connectivity index (χ4n) is 6.77. The molecule has 5 aliphatic rings. The van der Waals surface area contributed by atoms with Crippen LogP contribution in [0.3, 0.4) is 0 Å². The third-order valence-corrected chi connectivity index (χ3v) is 7.41. The van der Waals surface area contributed by atoms with Gasteiger partial charge in [0.1, 0.15) is 0 Å². The average molecular weight is 340 g/mol. The molecule has 5 aliphatic heterocycles. The number of fused-ring (bicyclic) bond motifs is 3. The van der Waals surface area contributed by atoms with Gasteiger partial charge in [0.15, 0.2) is 11.3 Å². The monoisotopic (exact) mass is 340 g/mol. The molecule has 0 radical (unpaired) electrons. The molecule has 4 fully saturated rings. The van der Waals surface area contributed by atoms with Crippen LogP contribution in [0.2, 0.25) is 0 Å². The van der Waals surface area contributed by atoms with Gasteiger partial charge < -0.3 is 19.7 Å². The van der Waals surface area contributed by atoms with Gasteiger partial charge in [-0.15, -0.1) is 0 Å². The van der Waals surface area contributed by atoms with Crippen LogP contribution in [0.15, 0.2) is 24.3 Å². The largest absolute Gasteiger partial charge is 0.467 e. The quantitative estimate of drug-likeness (QED) is 0.783. The molecule has 6 nitrogen and oxygen atoms in total. The van der Waals surface area contributed by atoms with Gasteiger partial charge in [0.2, 0.25) is 5.91 Å². The lowest BCUT2D eigenvalue weighted by molar-refractivity contribution is -0.196. The van der Waals surface area contributed by atoms with Gasteiger partial charge in [-0.1, -0.05) is 18.2 Å². The van der Waals surface area contributed by atoms with Gasteiger partial charge in [-0.05, 0) is 30.9 Å². The topological polar surface area (TPSA) is 67.9 Å². The first-order valence-corrected chi connectivity index (χ1v) is 9.05. The van der Waals surface area contributed by atoms with Gasteiger partial charge in [-0.25, -0.2) is 4.79 Å². The van der Waals surface area contributed by atoms with Gasteiger partial charge in [0.05, 0.1) is 18.6 Å². The molecule has 2 spiro atoms. The summed E-state index contributed by atoms with van der Waals surface area (Å²) >= 11 is 0. The Morgan fingerprint density at radius 1 is 1.40 bits per heavy atom. The summed E-state index contributed by atoms with van der Waals surface area (Å²) in [6, 6.07) is 8.06. The van der Waals surface area contributed by atoms with Crippen molar-refractivity contribution in [2.45, 2.75) is 48.5 Å². The number of carbonyl (C=O) groups excluding carboxylic acids is 2. The lowest BCUT2D eigenvalue weighted by Crippen LogP contribution is -2.68. The van der Waals surface area contributed by atoms with E-state index in [2.05, 4.69) is 17.4 Å². The summed E-state index contributed by atoms with van der Waals surface area (Å²) in [5.74, 6) is 0.0154. The predicted octanol–water partition coefficient (Wildman–Crippen LogP) is 1.40. The number of methoxy groups -OCH3 is 1. The highest BCUT2D eigenvalue weighted by Gasteiger charge is 2.87. The molecule has 0 unspecified atom stereocenters. The maximum absolute atomic E-state index is 12.9. The Balaban J connectivity index is 1.67. The highest BCUT2D eigenvalue weighted by Crippen LogP contribution is 2.73. The number of rotatable bonds is 1. The molecule has 1 aromatic carbocycles. The molecule has 0 aromatic heterocycles. The number of nitrogens with one attached hydrogen (secondary N) is 1. The number of nitrogens with zero attached hydrogens (tertiary/aromatic N) is 1. The molecule has 6 heteroatoms. The molecule has 130 valence electrons. The van der Waals surface area contributed by atoms with Crippen LogP contribution >= 0.6 is 0 Å². The minimum atomic E-state index is -1.01. The van der Waals surface area contributed by atoms with Crippen molar-refractivity contribution in [3.8, 4) is 0 Å². The number of ether oxygens (including phenoxy) is 2. The Morgan fingerprint density at radius 3 is 3.08 bits per heavy atom. The molecule has 6 rings (SSSR count). The zero-order valence-electron chi connectivity index (χ0n) is 14.1. The van der Waals surface area contributed by atoms with Crippen LogP contribution in [0.25, 0.3) is 0 Å². The van der Waals surface area contributed by atoms with Gasteiger partial charge in [0.25, 0.3) is 0 Å². The zero-order chi connectivity index (χ0) is 17.0. The van der Waals surface area contributed by atoms with E-state index in [9.17, 15) is 9.59 Å². The van der Waals surface area contributed by atoms with Crippen LogP contribution in [0, 0.1) is 5.92 Å². The minimum absolute atomic E-state index is 0.152. The minimum Gasteiger partial charge on any atom is -0.467 e. The molecule has 5 atom stereocenters. The molecule has 1 N–H and O–H groups in total. The summed E-state index contributed by atoms with van der Waals surface area (Å²) in [6.07, 6.45) is 2.73. The molecule has 2 bridgehead atoms. The molecular formula is C19H20N2O4. The maximum atomic E-state index is 12.9. The van der Waals surface area contributed by atoms with Crippen molar-refractivity contribution in [3.05, 3.63) is 29.8 Å². The second-order valence-electron chi connectivity index (χ2n) is 8.01. The first kappa shape index (κ1) is 14.1. The number of hydrogen-bond donors (Lipinski definition) is 1. The van der Waals surface area contributed by atoms with E-state index in [4.69, 9.17) is 9.47 Å². The highest BCUT2D eigenvalue weighted by atomic mass is 16.6. The van der Waals surface area contributed by atoms with Gasteiger partial charge >= 0.3 is 5.97 Å². The maximum Gasteiger partial charge on any atom is 0.340 e. The summed E-state index contributed by atoms with van der Waals surface area (Å²) < 4.78 is 11.8. The van der Waals surface area contributed by atoms with E-state index in [1.165, 1.54) is 12.7 Å². The predicted molar refractivity (Wildman–Crippen MR) is 87.8 cm³/mol. The van der Waals surface area contributed by atoms with Crippen LogP contribution in [0.1, 0.15) is 31.2 Å². The van der Waals surface area contributed by atoms with Crippen molar-refractivity contribution in [1.29, 1.82) is 0 Å². The number of esters is 1. The second-order valence-corrected chi connectivity index (χ2v) is 8.01. The fraction of sp³-hybridized carbons (Fsp3) is 0.579. The summed E-state index contributed by atoms with van der Waals surface area (Å²) in [5.41, 5.74) is 0.161. The van der Waals surface area contributed by atoms with Crippen molar-refractivity contribution in [3.63, 3.8) is 0 Å². The van der Waals surface area contributed by atoms with E-state index in [0.717, 1.165) is 18.7 Å². The Kier molecular flexibility index (Phi) is 2.27. The lowest BCUT2D eigenvalue weighted by Gasteiger charge is -2.53. The standard InChI is InChI=1S/C19H20N2O4/c1-24-16(23)18-10-11-7-9-21-14(22)6-8-17(19(11,21)25-18)12-4-2-3-5-13(12)20-15(17)18/h2-5,11,15,20H,6-10H2,1H3/t11-,15+,17-,18+,19-/m1/s1. The Bertz CT molecular complexity index is 840. The highest BCUT2D eigenvalue weighted by molar-refractivity contribution is 5.89. The van der Waals surface area contributed by atoms with Crippen LogP contribution in [0.5, 0.6) is 0 Å². The van der Waals surface area contributed by atoms with Crippen molar-refractivity contribution in [1.82, 2.24) is 4.90 Å². The fourth-order valence-corrected chi connectivity index (χ4v) is 6.77. The number of amides is 1. The van der Waals surface area contributed by atoms with E-state index >= 15 is 0 Å². The van der Waals surface area contributed by atoms with E-state index in [1.54, 1.807) is 0 Å². The molecule has 1 amide bonds. The number of para-hydroxylation sites is 1. The Hall–Kier alpha value is -2.08. The van der Waals surface area contributed by atoms with E-state index in [1.807, 2.05) is 17.0 Å². The zero-order valence-corrected chi connectivity index (χ0v) is 14.1. The summed E-state index contributed by atoms with van der Waals surface area (Å²) in [4.78, 5) is 27.6. The third kappa shape index (κ3) is 1.18. The van der Waals surface area contributed by atoms with Crippen molar-refractivity contribution in [2.75, 3.05) is 19.0 Å². The average Bonchev–Trinajstić information content (AvgIpc) is 3.30. The van der Waals surface area contributed by atoms with Crippen LogP contribution < -0.4 is 5.32 Å². The first-order valence-electron chi connectivity index (χ1n) is 9.05. The number of hydrogen-bond acceptors (Lipinski definition) is 5. The van der Waals surface area contributed by atoms with Crippen LogP contribution in [0.4, 0.5) is 5.69 Å². The summed E-state index contributed by atoms with van der Waals surface area (Å²) in [6.45, 7) is 0.720. The van der Waals surface area contributed by atoms with Crippen LogP contribution in [-0.4, -0.2) is 47.8 Å².